The van der Waals surface area contributed by atoms with E-state index in [1.165, 1.54) is 19.0 Å². The van der Waals surface area contributed by atoms with Gasteiger partial charge in [0, 0.05) is 63.1 Å². The number of hydrogen-bond donors (Lipinski definition) is 1. The van der Waals surface area contributed by atoms with E-state index in [1.54, 1.807) is 21.6 Å². The lowest BCUT2D eigenvalue weighted by atomic mass is 9.81. The fourth-order valence-corrected chi connectivity index (χ4v) is 8.77. The van der Waals surface area contributed by atoms with Crippen molar-refractivity contribution in [1.82, 2.24) is 39.0 Å². The number of urea groups is 1. The number of anilines is 1. The number of nitrogens with zero attached hydrogens (tertiary/aromatic N) is 8. The summed E-state index contributed by atoms with van der Waals surface area (Å²) in [6.45, 7) is 10.5. The monoisotopic (exact) mass is 679 g/mol. The second-order valence-electron chi connectivity index (χ2n) is 13.7. The number of alkyl halides is 2. The van der Waals surface area contributed by atoms with Gasteiger partial charge in [-0.15, -0.1) is 10.2 Å². The van der Waals surface area contributed by atoms with Crippen LogP contribution in [0.15, 0.2) is 23.4 Å². The maximum absolute atomic E-state index is 13.7. The van der Waals surface area contributed by atoms with E-state index in [0.29, 0.717) is 36.9 Å². The highest BCUT2D eigenvalue weighted by atomic mass is 32.2. The number of hydrogen-bond acceptors (Lipinski definition) is 9. The van der Waals surface area contributed by atoms with Crippen molar-refractivity contribution in [3.05, 3.63) is 23.5 Å². The first-order valence-electron chi connectivity index (χ1n) is 15.8. The number of likely N-dealkylation sites (N-methyl/N-ethyl adjacent to an activating group) is 2. The zero-order valence-corrected chi connectivity index (χ0v) is 28.8. The molecule has 0 bridgehead atoms. The molecule has 1 aliphatic heterocycles. The average molecular weight is 680 g/mol. The molecule has 0 unspecified atom stereocenters. The van der Waals surface area contributed by atoms with Crippen molar-refractivity contribution in [1.29, 1.82) is 0 Å². The highest BCUT2D eigenvalue weighted by Crippen LogP contribution is 2.38. The van der Waals surface area contributed by atoms with Crippen molar-refractivity contribution >= 4 is 38.6 Å². The molecule has 46 heavy (non-hydrogen) atoms. The highest BCUT2D eigenvalue weighted by molar-refractivity contribution is 7.89. The fraction of sp³-hybridized carbons (Fsp3) is 0.667. The van der Waals surface area contributed by atoms with Crippen LogP contribution in [-0.4, -0.2) is 113 Å². The number of nitrogens with one attached hydrogen (secondary N) is 1. The number of rotatable bonds is 10. The Morgan fingerprint density at radius 2 is 1.80 bits per heavy atom. The van der Waals surface area contributed by atoms with Crippen molar-refractivity contribution in [3.63, 3.8) is 0 Å². The van der Waals surface area contributed by atoms with Gasteiger partial charge < -0.3 is 19.6 Å². The molecule has 6 rings (SSSR count). The Bertz CT molecular complexity index is 1690. The van der Waals surface area contributed by atoms with Crippen molar-refractivity contribution in [2.24, 2.45) is 5.92 Å². The van der Waals surface area contributed by atoms with Crippen LogP contribution in [0, 0.1) is 5.92 Å². The Morgan fingerprint density at radius 1 is 1.13 bits per heavy atom. The third-order valence-electron chi connectivity index (χ3n) is 9.67. The lowest BCUT2D eigenvalue weighted by molar-refractivity contribution is 0.0893. The zero-order valence-electron chi connectivity index (χ0n) is 27.2. The Kier molecular flexibility index (Phi) is 8.78. The van der Waals surface area contributed by atoms with E-state index in [9.17, 15) is 22.0 Å². The van der Waals surface area contributed by atoms with Crippen molar-refractivity contribution in [3.8, 4) is 10.8 Å². The van der Waals surface area contributed by atoms with Crippen LogP contribution in [0.2, 0.25) is 0 Å². The Morgan fingerprint density at radius 3 is 2.39 bits per heavy atom. The van der Waals surface area contributed by atoms with Gasteiger partial charge in [0.25, 0.3) is 6.43 Å². The number of aromatic nitrogens is 4. The summed E-state index contributed by atoms with van der Waals surface area (Å²) in [6, 6.07) is 1.84. The SMILES string of the molecule is CC1CC(N(C)CCN(C)C(=O)N2[C@@H](C)CN(c3cc(S(=O)(=O)NC4(C)CC4)cn4c(-c5nnc(C(F)F)s5)ncc34)C[C@@H]2C)C1. The summed E-state index contributed by atoms with van der Waals surface area (Å²) >= 11 is 0.721. The van der Waals surface area contributed by atoms with Gasteiger partial charge in [-0.3, -0.25) is 4.40 Å². The number of halogens is 2. The second-order valence-corrected chi connectivity index (χ2v) is 16.4. The summed E-state index contributed by atoms with van der Waals surface area (Å²) < 4.78 is 58.3. The van der Waals surface area contributed by atoms with Crippen LogP contribution in [0.5, 0.6) is 0 Å². The Hall–Kier alpha value is -2.95. The normalized spacial score (nSPS) is 24.6. The minimum atomic E-state index is -3.93. The molecule has 3 fully saturated rings. The summed E-state index contributed by atoms with van der Waals surface area (Å²) in [6.07, 6.45) is 4.17. The van der Waals surface area contributed by atoms with Gasteiger partial charge in [0.05, 0.1) is 17.4 Å². The molecular weight excluding hydrogens is 637 g/mol. The van der Waals surface area contributed by atoms with E-state index < -0.39 is 27.0 Å². The molecule has 2 amide bonds. The largest absolute Gasteiger partial charge is 0.366 e. The van der Waals surface area contributed by atoms with Crippen molar-refractivity contribution in [2.75, 3.05) is 45.2 Å². The van der Waals surface area contributed by atoms with E-state index in [-0.39, 0.29) is 33.8 Å². The number of sulfonamides is 1. The van der Waals surface area contributed by atoms with Gasteiger partial charge in [-0.1, -0.05) is 18.3 Å². The fourth-order valence-electron chi connectivity index (χ4n) is 6.60. The topological polar surface area (TPSA) is 119 Å². The molecule has 3 aliphatic rings. The number of piperazine rings is 1. The van der Waals surface area contributed by atoms with Crippen LogP contribution in [-0.2, 0) is 10.0 Å². The molecule has 0 spiro atoms. The third-order valence-corrected chi connectivity index (χ3v) is 12.2. The third kappa shape index (κ3) is 6.45. The number of imidazole rings is 1. The first-order valence-corrected chi connectivity index (χ1v) is 18.1. The maximum atomic E-state index is 13.7. The number of pyridine rings is 1. The molecule has 4 heterocycles. The lowest BCUT2D eigenvalue weighted by Gasteiger charge is -2.47. The molecule has 12 nitrogen and oxygen atoms in total. The molecule has 0 aromatic carbocycles. The summed E-state index contributed by atoms with van der Waals surface area (Å²) in [5, 5.41) is 7.25. The molecule has 2 aliphatic carbocycles. The minimum Gasteiger partial charge on any atom is -0.366 e. The first-order chi connectivity index (χ1) is 21.7. The predicted octanol–water partition coefficient (Wildman–Crippen LogP) is 4.30. The summed E-state index contributed by atoms with van der Waals surface area (Å²) in [4.78, 5) is 26.3. The quantitative estimate of drug-likeness (QED) is 0.337. The molecule has 1 saturated heterocycles. The molecule has 3 aromatic rings. The van der Waals surface area contributed by atoms with Gasteiger partial charge >= 0.3 is 6.03 Å². The molecule has 1 N–H and O–H groups in total. The smallest absolute Gasteiger partial charge is 0.320 e. The van der Waals surface area contributed by atoms with Gasteiger partial charge in [0.2, 0.25) is 10.0 Å². The van der Waals surface area contributed by atoms with E-state index in [0.717, 1.165) is 36.6 Å². The molecule has 2 atom stereocenters. The van der Waals surface area contributed by atoms with Crippen LogP contribution in [0.3, 0.4) is 0 Å². The maximum Gasteiger partial charge on any atom is 0.320 e. The van der Waals surface area contributed by atoms with Crippen LogP contribution in [0.25, 0.3) is 16.3 Å². The first kappa shape index (κ1) is 33.0. The van der Waals surface area contributed by atoms with Crippen LogP contribution >= 0.6 is 11.3 Å². The lowest BCUT2D eigenvalue weighted by Crippen LogP contribution is -2.61. The van der Waals surface area contributed by atoms with Crippen molar-refractivity contribution in [2.45, 2.75) is 88.4 Å². The van der Waals surface area contributed by atoms with Crippen LogP contribution in [0.4, 0.5) is 19.3 Å². The van der Waals surface area contributed by atoms with Gasteiger partial charge in [0.1, 0.15) is 4.90 Å². The van der Waals surface area contributed by atoms with Crippen LogP contribution < -0.4 is 9.62 Å². The summed E-state index contributed by atoms with van der Waals surface area (Å²) in [5.74, 6) is 0.995. The number of fused-ring (bicyclic) bond motifs is 1. The molecule has 0 radical (unpaired) electrons. The second kappa shape index (κ2) is 12.3. The van der Waals surface area contributed by atoms with E-state index in [4.69, 9.17) is 0 Å². The number of carbonyl (C=O) groups excluding carboxylic acids is 1. The minimum absolute atomic E-state index is 0.0314. The molecule has 2 saturated carbocycles. The van der Waals surface area contributed by atoms with Gasteiger partial charge in [0.15, 0.2) is 15.8 Å². The number of amides is 2. The van der Waals surface area contributed by atoms with E-state index in [1.807, 2.05) is 32.7 Å². The molecule has 3 aromatic heterocycles. The molecule has 252 valence electrons. The van der Waals surface area contributed by atoms with Gasteiger partial charge in [-0.05, 0) is 65.5 Å². The standard InChI is InChI=1S/C30H43F2N9O3S2/c1-18-11-21(12-18)37(5)9-10-38(6)29(42)41-19(2)15-39(16-20(41)3)23-13-22(46(43,44)36-30(4)7-8-30)17-40-24(23)14-33-26(40)28-35-34-27(45-28)25(31)32/h13-14,17-21,25,36H,7-12,15-16H2,1-6H3/t18?,19-,20-,21?/m0/s1. The highest BCUT2D eigenvalue weighted by Gasteiger charge is 2.42. The predicted molar refractivity (Wildman–Crippen MR) is 173 cm³/mol. The van der Waals surface area contributed by atoms with E-state index >= 15 is 0 Å². The Labute approximate surface area is 272 Å². The molecule has 16 heteroatoms. The summed E-state index contributed by atoms with van der Waals surface area (Å²) in [7, 11) is 0.0393. The van der Waals surface area contributed by atoms with Crippen LogP contribution in [0.1, 0.15) is 64.8 Å². The van der Waals surface area contributed by atoms with E-state index in [2.05, 4.69) is 43.7 Å². The average Bonchev–Trinajstić information content (AvgIpc) is 3.34. The molecular formula is C30H43F2N9O3S2. The Balaban J connectivity index is 1.27. The van der Waals surface area contributed by atoms with Gasteiger partial charge in [-0.25, -0.2) is 31.7 Å². The van der Waals surface area contributed by atoms with Gasteiger partial charge in [-0.2, -0.15) is 0 Å². The zero-order chi connectivity index (χ0) is 33.1. The van der Waals surface area contributed by atoms with Crippen molar-refractivity contribution < 1.29 is 22.0 Å². The number of carbonyl (C=O) groups is 1. The summed E-state index contributed by atoms with van der Waals surface area (Å²) in [5.41, 5.74) is 0.727.